The summed E-state index contributed by atoms with van der Waals surface area (Å²) >= 11 is 0. The van der Waals surface area contributed by atoms with Crippen molar-refractivity contribution in [1.29, 1.82) is 0 Å². The minimum absolute atomic E-state index is 1.07. The van der Waals surface area contributed by atoms with Gasteiger partial charge in [0.2, 0.25) is 0 Å². The van der Waals surface area contributed by atoms with Crippen LogP contribution in [0.5, 0.6) is 0 Å². The zero-order valence-electron chi connectivity index (χ0n) is 7.32. The first-order chi connectivity index (χ1) is 5.88. The van der Waals surface area contributed by atoms with Gasteiger partial charge in [-0.25, -0.2) is 0 Å². The van der Waals surface area contributed by atoms with Crippen molar-refractivity contribution in [2.24, 2.45) is 7.05 Å². The van der Waals surface area contributed by atoms with Crippen molar-refractivity contribution in [2.75, 3.05) is 31.1 Å². The standard InChI is InChI=1S/C8H14N4/c1-11-8(2-3-10-11)12-6-4-9-5-7-12/h2-3,9H,4-7H2,1H3. The van der Waals surface area contributed by atoms with E-state index in [-0.39, 0.29) is 0 Å². The van der Waals surface area contributed by atoms with Crippen LogP contribution >= 0.6 is 0 Å². The lowest BCUT2D eigenvalue weighted by molar-refractivity contribution is 0.572. The van der Waals surface area contributed by atoms with Crippen LogP contribution in [0.25, 0.3) is 0 Å². The van der Waals surface area contributed by atoms with Gasteiger partial charge in [-0.3, -0.25) is 4.68 Å². The van der Waals surface area contributed by atoms with Crippen LogP contribution in [0.3, 0.4) is 0 Å². The zero-order chi connectivity index (χ0) is 8.39. The molecule has 1 aromatic rings. The number of piperazine rings is 1. The van der Waals surface area contributed by atoms with Gasteiger partial charge in [0.15, 0.2) is 0 Å². The van der Waals surface area contributed by atoms with Crippen LogP contribution in [-0.4, -0.2) is 36.0 Å². The molecule has 0 saturated carbocycles. The van der Waals surface area contributed by atoms with Gasteiger partial charge in [0, 0.05) is 39.3 Å². The maximum atomic E-state index is 4.15. The molecule has 1 aliphatic heterocycles. The number of hydrogen-bond donors (Lipinski definition) is 1. The fraction of sp³-hybridized carbons (Fsp3) is 0.625. The Bertz CT molecular complexity index is 249. The third-order valence-corrected chi connectivity index (χ3v) is 2.24. The fourth-order valence-electron chi connectivity index (χ4n) is 1.57. The van der Waals surface area contributed by atoms with E-state index >= 15 is 0 Å². The highest BCUT2D eigenvalue weighted by molar-refractivity contribution is 5.38. The minimum atomic E-state index is 1.07. The molecule has 0 atom stereocenters. The summed E-state index contributed by atoms with van der Waals surface area (Å²) in [5.41, 5.74) is 0. The number of rotatable bonds is 1. The second-order valence-corrected chi connectivity index (χ2v) is 3.05. The summed E-state index contributed by atoms with van der Waals surface area (Å²) in [5, 5.41) is 7.47. The summed E-state index contributed by atoms with van der Waals surface area (Å²) < 4.78 is 1.92. The van der Waals surface area contributed by atoms with E-state index in [2.05, 4.69) is 21.4 Å². The molecular weight excluding hydrogens is 152 g/mol. The number of nitrogens with zero attached hydrogens (tertiary/aromatic N) is 3. The lowest BCUT2D eigenvalue weighted by Crippen LogP contribution is -2.44. The molecule has 0 bridgehead atoms. The van der Waals surface area contributed by atoms with Gasteiger partial charge in [0.1, 0.15) is 5.82 Å². The summed E-state index contributed by atoms with van der Waals surface area (Å²) in [6.45, 7) is 4.31. The third-order valence-electron chi connectivity index (χ3n) is 2.24. The third kappa shape index (κ3) is 1.30. The van der Waals surface area contributed by atoms with Crippen molar-refractivity contribution in [3.05, 3.63) is 12.3 Å². The van der Waals surface area contributed by atoms with Crippen LogP contribution in [0.15, 0.2) is 12.3 Å². The Kier molecular flexibility index (Phi) is 1.99. The first-order valence-corrected chi connectivity index (χ1v) is 4.31. The van der Waals surface area contributed by atoms with E-state index in [4.69, 9.17) is 0 Å². The predicted octanol–water partition coefficient (Wildman–Crippen LogP) is -0.170. The molecule has 0 aliphatic carbocycles. The van der Waals surface area contributed by atoms with Gasteiger partial charge in [0.05, 0.1) is 6.20 Å². The smallest absolute Gasteiger partial charge is 0.126 e. The molecule has 66 valence electrons. The van der Waals surface area contributed by atoms with E-state index in [1.165, 1.54) is 5.82 Å². The summed E-state index contributed by atoms with van der Waals surface area (Å²) in [6.07, 6.45) is 1.84. The average molecular weight is 166 g/mol. The number of nitrogens with one attached hydrogen (secondary N) is 1. The van der Waals surface area contributed by atoms with Crippen LogP contribution in [0, 0.1) is 0 Å². The van der Waals surface area contributed by atoms with E-state index in [9.17, 15) is 0 Å². The first-order valence-electron chi connectivity index (χ1n) is 4.31. The molecule has 0 unspecified atom stereocenters. The largest absolute Gasteiger partial charge is 0.354 e. The van der Waals surface area contributed by atoms with Crippen molar-refractivity contribution in [3.63, 3.8) is 0 Å². The number of anilines is 1. The lowest BCUT2D eigenvalue weighted by Gasteiger charge is -2.28. The molecule has 1 saturated heterocycles. The van der Waals surface area contributed by atoms with Crippen molar-refractivity contribution < 1.29 is 0 Å². The van der Waals surface area contributed by atoms with Crippen molar-refractivity contribution in [3.8, 4) is 0 Å². The molecular formula is C8H14N4. The Balaban J connectivity index is 2.13. The topological polar surface area (TPSA) is 33.1 Å². The highest BCUT2D eigenvalue weighted by atomic mass is 15.4. The monoisotopic (exact) mass is 166 g/mol. The average Bonchev–Trinajstić information content (AvgIpc) is 2.53. The highest BCUT2D eigenvalue weighted by Gasteiger charge is 2.12. The molecule has 1 N–H and O–H groups in total. The second-order valence-electron chi connectivity index (χ2n) is 3.05. The van der Waals surface area contributed by atoms with E-state index in [0.717, 1.165) is 26.2 Å². The number of aromatic nitrogens is 2. The van der Waals surface area contributed by atoms with E-state index in [1.54, 1.807) is 0 Å². The molecule has 2 rings (SSSR count). The van der Waals surface area contributed by atoms with E-state index in [1.807, 2.05) is 17.9 Å². The molecule has 1 fully saturated rings. The maximum absolute atomic E-state index is 4.15. The Hall–Kier alpha value is -1.03. The molecule has 12 heavy (non-hydrogen) atoms. The quantitative estimate of drug-likeness (QED) is 0.629. The number of aryl methyl sites for hydroxylation is 1. The van der Waals surface area contributed by atoms with Gasteiger partial charge in [-0.2, -0.15) is 5.10 Å². The summed E-state index contributed by atoms with van der Waals surface area (Å²) in [6, 6.07) is 2.06. The van der Waals surface area contributed by atoms with Crippen LogP contribution in [0.2, 0.25) is 0 Å². The Labute approximate surface area is 72.2 Å². The molecule has 2 heterocycles. The van der Waals surface area contributed by atoms with E-state index < -0.39 is 0 Å². The van der Waals surface area contributed by atoms with Gasteiger partial charge in [-0.15, -0.1) is 0 Å². The molecule has 1 aliphatic rings. The SMILES string of the molecule is Cn1nccc1N1CCNCC1. The van der Waals surface area contributed by atoms with E-state index in [0.29, 0.717) is 0 Å². The van der Waals surface area contributed by atoms with Gasteiger partial charge < -0.3 is 10.2 Å². The Morgan fingerprint density at radius 3 is 2.75 bits per heavy atom. The molecule has 4 nitrogen and oxygen atoms in total. The summed E-state index contributed by atoms with van der Waals surface area (Å²) in [5.74, 6) is 1.22. The fourth-order valence-corrected chi connectivity index (χ4v) is 1.57. The Morgan fingerprint density at radius 2 is 2.17 bits per heavy atom. The molecule has 1 aromatic heterocycles. The molecule has 0 aromatic carbocycles. The summed E-state index contributed by atoms with van der Waals surface area (Å²) in [4.78, 5) is 2.35. The first kappa shape index (κ1) is 7.61. The molecule has 4 heteroatoms. The van der Waals surface area contributed by atoms with Crippen LogP contribution < -0.4 is 10.2 Å². The molecule has 0 amide bonds. The van der Waals surface area contributed by atoms with Gasteiger partial charge >= 0.3 is 0 Å². The van der Waals surface area contributed by atoms with Crippen molar-refractivity contribution in [2.45, 2.75) is 0 Å². The van der Waals surface area contributed by atoms with Crippen LogP contribution in [-0.2, 0) is 7.05 Å². The maximum Gasteiger partial charge on any atom is 0.126 e. The van der Waals surface area contributed by atoms with Gasteiger partial charge in [-0.05, 0) is 0 Å². The van der Waals surface area contributed by atoms with Gasteiger partial charge in [0.25, 0.3) is 0 Å². The number of hydrogen-bond acceptors (Lipinski definition) is 3. The zero-order valence-corrected chi connectivity index (χ0v) is 7.32. The van der Waals surface area contributed by atoms with Crippen LogP contribution in [0.1, 0.15) is 0 Å². The molecule has 0 radical (unpaired) electrons. The van der Waals surface area contributed by atoms with Crippen LogP contribution in [0.4, 0.5) is 5.82 Å². The van der Waals surface area contributed by atoms with Gasteiger partial charge in [-0.1, -0.05) is 0 Å². The Morgan fingerprint density at radius 1 is 1.42 bits per heavy atom. The predicted molar refractivity (Wildman–Crippen MR) is 48.3 cm³/mol. The van der Waals surface area contributed by atoms with Crippen molar-refractivity contribution in [1.82, 2.24) is 15.1 Å². The highest BCUT2D eigenvalue weighted by Crippen LogP contribution is 2.11. The molecule has 0 spiro atoms. The minimum Gasteiger partial charge on any atom is -0.354 e. The van der Waals surface area contributed by atoms with Crippen molar-refractivity contribution >= 4 is 5.82 Å². The normalized spacial score (nSPS) is 18.2. The second kappa shape index (κ2) is 3.15. The lowest BCUT2D eigenvalue weighted by atomic mass is 10.3. The summed E-state index contributed by atoms with van der Waals surface area (Å²) in [7, 11) is 1.98.